The van der Waals surface area contributed by atoms with Gasteiger partial charge in [0.05, 0.1) is 18.3 Å². The van der Waals surface area contributed by atoms with Crippen LogP contribution in [0.4, 0.5) is 5.82 Å². The quantitative estimate of drug-likeness (QED) is 0.536. The number of nitriles is 1. The highest BCUT2D eigenvalue weighted by Crippen LogP contribution is 2.39. The van der Waals surface area contributed by atoms with Crippen LogP contribution in [0.3, 0.4) is 0 Å². The predicted octanol–water partition coefficient (Wildman–Crippen LogP) is -0.303. The second-order valence-corrected chi connectivity index (χ2v) is 5.49. The largest absolute Gasteiger partial charge is 0.462 e. The Balaban J connectivity index is 1.88. The van der Waals surface area contributed by atoms with Gasteiger partial charge in [0.25, 0.3) is 0 Å². The molecule has 2 aromatic heterocycles. The maximum atomic E-state index is 11.2. The van der Waals surface area contributed by atoms with Crippen LogP contribution in [0.2, 0.25) is 0 Å². The lowest BCUT2D eigenvalue weighted by Crippen LogP contribution is -2.29. The van der Waals surface area contributed by atoms with E-state index in [1.807, 2.05) is 0 Å². The van der Waals surface area contributed by atoms with Crippen molar-refractivity contribution in [2.45, 2.75) is 24.5 Å². The third-order valence-electron chi connectivity index (χ3n) is 4.03. The zero-order chi connectivity index (χ0) is 17.9. The summed E-state index contributed by atoms with van der Waals surface area (Å²) in [5.41, 5.74) is 5.04. The minimum atomic E-state index is -1.22. The molecule has 0 aliphatic carbocycles. The lowest BCUT2D eigenvalue weighted by atomic mass is 9.98. The fraction of sp³-hybridized carbons (Fsp3) is 0.400. The molecule has 1 saturated heterocycles. The third-order valence-corrected chi connectivity index (χ3v) is 4.03. The maximum absolute atomic E-state index is 11.2. The Labute approximate surface area is 142 Å². The summed E-state index contributed by atoms with van der Waals surface area (Å²) in [6.07, 6.45) is 2.35. The van der Waals surface area contributed by atoms with Crippen molar-refractivity contribution in [3.05, 3.63) is 24.2 Å². The van der Waals surface area contributed by atoms with Crippen molar-refractivity contribution >= 4 is 23.7 Å². The van der Waals surface area contributed by atoms with Gasteiger partial charge in [-0.2, -0.15) is 10.4 Å². The monoisotopic (exact) mass is 344 g/mol. The molecule has 1 amide bonds. The summed E-state index contributed by atoms with van der Waals surface area (Å²) in [6.45, 7) is -0.168. The van der Waals surface area contributed by atoms with Gasteiger partial charge in [-0.3, -0.25) is 9.59 Å². The number of anilines is 1. The van der Waals surface area contributed by atoms with Crippen molar-refractivity contribution in [1.82, 2.24) is 14.6 Å². The molecule has 0 spiro atoms. The van der Waals surface area contributed by atoms with Crippen molar-refractivity contribution in [2.75, 3.05) is 18.5 Å². The van der Waals surface area contributed by atoms with E-state index in [9.17, 15) is 14.9 Å². The number of aromatic nitrogens is 3. The van der Waals surface area contributed by atoms with Gasteiger partial charge in [0.2, 0.25) is 6.41 Å². The molecule has 10 heteroatoms. The minimum Gasteiger partial charge on any atom is -0.462 e. The molecule has 2 unspecified atom stereocenters. The zero-order valence-electron chi connectivity index (χ0n) is 13.2. The van der Waals surface area contributed by atoms with E-state index >= 15 is 0 Å². The Kier molecular flexibility index (Phi) is 4.60. The summed E-state index contributed by atoms with van der Waals surface area (Å²) < 4.78 is 12.4. The number of esters is 1. The molecule has 0 saturated carbocycles. The molecular formula is C15H16N6O4. The predicted molar refractivity (Wildman–Crippen MR) is 84.1 cm³/mol. The number of nitrogens with zero attached hydrogens (tertiary/aromatic N) is 4. The lowest BCUT2D eigenvalue weighted by molar-refractivity contribution is -0.147. The first-order valence-electron chi connectivity index (χ1n) is 7.61. The van der Waals surface area contributed by atoms with E-state index in [2.05, 4.69) is 21.5 Å². The number of rotatable bonds is 6. The molecule has 0 bridgehead atoms. The summed E-state index contributed by atoms with van der Waals surface area (Å²) >= 11 is 0. The van der Waals surface area contributed by atoms with Crippen LogP contribution in [0.1, 0.15) is 18.5 Å². The normalized spacial score (nSPS) is 22.5. The van der Waals surface area contributed by atoms with Gasteiger partial charge in [0, 0.05) is 0 Å². The van der Waals surface area contributed by atoms with E-state index < -0.39 is 17.7 Å². The molecule has 25 heavy (non-hydrogen) atoms. The van der Waals surface area contributed by atoms with Gasteiger partial charge in [0.15, 0.2) is 11.4 Å². The Morgan fingerprint density at radius 3 is 3.20 bits per heavy atom. The summed E-state index contributed by atoms with van der Waals surface area (Å²) in [5.74, 6) is -0.195. The van der Waals surface area contributed by atoms with Crippen LogP contribution >= 0.6 is 0 Å². The van der Waals surface area contributed by atoms with E-state index in [1.165, 1.54) is 10.8 Å². The smallest absolute Gasteiger partial charge is 0.319 e. The van der Waals surface area contributed by atoms with Gasteiger partial charge >= 0.3 is 5.97 Å². The number of amides is 1. The molecule has 3 rings (SSSR count). The SMILES string of the molecule is N#CC1(c2ccc3c(NC=O)ncnn23)CCC(COC(=O)CN)O1. The van der Waals surface area contributed by atoms with Gasteiger partial charge in [-0.15, -0.1) is 0 Å². The number of nitrogens with one attached hydrogen (secondary N) is 1. The van der Waals surface area contributed by atoms with Gasteiger partial charge in [-0.1, -0.05) is 0 Å². The van der Waals surface area contributed by atoms with E-state index in [-0.39, 0.29) is 13.2 Å². The first-order valence-corrected chi connectivity index (χ1v) is 7.61. The number of ether oxygens (including phenoxy) is 2. The van der Waals surface area contributed by atoms with Crippen molar-refractivity contribution < 1.29 is 19.1 Å². The average molecular weight is 344 g/mol. The van der Waals surface area contributed by atoms with Crippen LogP contribution in [0.5, 0.6) is 0 Å². The van der Waals surface area contributed by atoms with Gasteiger partial charge in [0.1, 0.15) is 24.5 Å². The zero-order valence-corrected chi connectivity index (χ0v) is 13.2. The third kappa shape index (κ3) is 3.02. The van der Waals surface area contributed by atoms with E-state index in [1.54, 1.807) is 12.1 Å². The first-order chi connectivity index (χ1) is 12.1. The number of carbonyl (C=O) groups excluding carboxylic acids is 2. The number of carbonyl (C=O) groups is 2. The second kappa shape index (κ2) is 6.84. The van der Waals surface area contributed by atoms with Crippen LogP contribution in [0, 0.1) is 11.3 Å². The number of hydrogen-bond acceptors (Lipinski definition) is 8. The number of fused-ring (bicyclic) bond motifs is 1. The Bertz CT molecular complexity index is 844. The topological polar surface area (TPSA) is 145 Å². The molecule has 1 fully saturated rings. The molecule has 3 heterocycles. The van der Waals surface area contributed by atoms with Crippen molar-refractivity contribution in [3.63, 3.8) is 0 Å². The molecule has 2 atom stereocenters. The molecule has 0 aromatic carbocycles. The maximum Gasteiger partial charge on any atom is 0.319 e. The highest BCUT2D eigenvalue weighted by molar-refractivity contribution is 5.79. The highest BCUT2D eigenvalue weighted by Gasteiger charge is 2.45. The standard InChI is InChI=1S/C15H16N6O4/c16-5-13(23)24-6-10-3-4-15(7-17,25-10)12-2-1-11-14(19-9-22)18-8-20-21(11)12/h1-2,8-10H,3-6,16H2,(H,18,19,20,22). The van der Waals surface area contributed by atoms with Crippen LogP contribution in [-0.2, 0) is 24.7 Å². The summed E-state index contributed by atoms with van der Waals surface area (Å²) in [5, 5.41) is 16.4. The Morgan fingerprint density at radius 2 is 2.48 bits per heavy atom. The Morgan fingerprint density at radius 1 is 1.64 bits per heavy atom. The van der Waals surface area contributed by atoms with Crippen molar-refractivity contribution in [1.29, 1.82) is 5.26 Å². The van der Waals surface area contributed by atoms with Gasteiger partial charge in [-0.25, -0.2) is 9.50 Å². The highest BCUT2D eigenvalue weighted by atomic mass is 16.6. The molecule has 1 aliphatic rings. The van der Waals surface area contributed by atoms with Gasteiger partial charge < -0.3 is 20.5 Å². The summed E-state index contributed by atoms with van der Waals surface area (Å²) in [7, 11) is 0. The molecular weight excluding hydrogens is 328 g/mol. The number of hydrogen-bond donors (Lipinski definition) is 2. The fourth-order valence-corrected chi connectivity index (χ4v) is 2.86. The van der Waals surface area contributed by atoms with Crippen molar-refractivity contribution in [2.24, 2.45) is 5.73 Å². The van der Waals surface area contributed by atoms with Crippen molar-refractivity contribution in [3.8, 4) is 6.07 Å². The van der Waals surface area contributed by atoms with E-state index in [0.29, 0.717) is 36.3 Å². The number of nitrogens with two attached hydrogens (primary N) is 1. The van der Waals surface area contributed by atoms with Crippen LogP contribution in [-0.4, -0.2) is 46.2 Å². The van der Waals surface area contributed by atoms with E-state index in [4.69, 9.17) is 15.2 Å². The molecule has 0 radical (unpaired) electrons. The fourth-order valence-electron chi connectivity index (χ4n) is 2.86. The molecule has 10 nitrogen and oxygen atoms in total. The van der Waals surface area contributed by atoms with Crippen LogP contribution in [0.15, 0.2) is 18.5 Å². The average Bonchev–Trinajstić information content (AvgIpc) is 3.25. The first kappa shape index (κ1) is 16.8. The van der Waals surface area contributed by atoms with Crippen LogP contribution in [0.25, 0.3) is 5.52 Å². The molecule has 130 valence electrons. The molecule has 2 aromatic rings. The summed E-state index contributed by atoms with van der Waals surface area (Å²) in [6, 6.07) is 5.60. The lowest BCUT2D eigenvalue weighted by Gasteiger charge is -2.21. The molecule has 1 aliphatic heterocycles. The second-order valence-electron chi connectivity index (χ2n) is 5.49. The summed E-state index contributed by atoms with van der Waals surface area (Å²) in [4.78, 5) is 25.9. The Hall–Kier alpha value is -3.03. The van der Waals surface area contributed by atoms with Crippen LogP contribution < -0.4 is 11.1 Å². The van der Waals surface area contributed by atoms with Gasteiger partial charge in [-0.05, 0) is 25.0 Å². The van der Waals surface area contributed by atoms with E-state index in [0.717, 1.165) is 0 Å². The minimum absolute atomic E-state index is 0.0374. The molecule has 3 N–H and O–H groups in total.